The number of rotatable bonds is 3. The Morgan fingerprint density at radius 3 is 2.62 bits per heavy atom. The summed E-state index contributed by atoms with van der Waals surface area (Å²) in [6.45, 7) is -0.802. The smallest absolute Gasteiger partial charge is 0.333 e. The van der Waals surface area contributed by atoms with Gasteiger partial charge >= 0.3 is 6.55 Å². The zero-order chi connectivity index (χ0) is 17.0. The second-order valence-electron chi connectivity index (χ2n) is 6.67. The van der Waals surface area contributed by atoms with E-state index in [1.807, 2.05) is 6.07 Å². The minimum atomic E-state index is -2.65. The first-order chi connectivity index (χ1) is 12.2. The Labute approximate surface area is 154 Å². The number of nitrogens with zero attached hydrogens (tertiary/aromatic N) is 5. The highest BCUT2D eigenvalue weighted by atomic mass is 35.5. The van der Waals surface area contributed by atoms with Crippen molar-refractivity contribution in [1.29, 1.82) is 0 Å². The Bertz CT molecular complexity index is 912. The third kappa shape index (κ3) is 2.80. The van der Waals surface area contributed by atoms with Crippen LogP contribution >= 0.6 is 12.4 Å². The predicted molar refractivity (Wildman–Crippen MR) is 95.8 cm³/mol. The largest absolute Gasteiger partial charge is 0.353 e. The summed E-state index contributed by atoms with van der Waals surface area (Å²) < 4.78 is 26.1. The van der Waals surface area contributed by atoms with Crippen LogP contribution in [0.1, 0.15) is 19.4 Å². The lowest BCUT2D eigenvalue weighted by molar-refractivity contribution is 0.0566. The van der Waals surface area contributed by atoms with Crippen LogP contribution in [0.5, 0.6) is 0 Å². The van der Waals surface area contributed by atoms with E-state index in [1.54, 1.807) is 6.33 Å². The van der Waals surface area contributed by atoms with E-state index in [9.17, 15) is 8.78 Å². The molecule has 2 unspecified atom stereocenters. The number of aromatic nitrogens is 5. The third-order valence-electron chi connectivity index (χ3n) is 5.03. The minimum Gasteiger partial charge on any atom is -0.353 e. The van der Waals surface area contributed by atoms with Crippen LogP contribution in [0.15, 0.2) is 24.8 Å². The number of hydrogen-bond donors (Lipinski definition) is 2. The molecule has 0 saturated carbocycles. The fraction of sp³-hybridized carbons (Fsp3) is 0.438. The number of H-pyrrole nitrogens is 1. The van der Waals surface area contributed by atoms with Crippen LogP contribution in [0.3, 0.4) is 0 Å². The van der Waals surface area contributed by atoms with Gasteiger partial charge in [0, 0.05) is 36.9 Å². The van der Waals surface area contributed by atoms with Crippen molar-refractivity contribution in [3.8, 4) is 11.3 Å². The molecular weight excluding hydrogens is 364 g/mol. The van der Waals surface area contributed by atoms with E-state index < -0.39 is 6.55 Å². The maximum atomic E-state index is 12.7. The first-order valence-corrected chi connectivity index (χ1v) is 8.35. The summed E-state index contributed by atoms with van der Waals surface area (Å²) in [5.74, 6) is 0.896. The molecule has 2 aliphatic rings. The van der Waals surface area contributed by atoms with Crippen LogP contribution in [0, 0.1) is 0 Å². The van der Waals surface area contributed by atoms with Gasteiger partial charge in [-0.05, 0) is 18.9 Å². The van der Waals surface area contributed by atoms with Crippen molar-refractivity contribution in [2.75, 3.05) is 18.0 Å². The summed E-state index contributed by atoms with van der Waals surface area (Å²) >= 11 is 0. The second kappa shape index (κ2) is 6.48. The average molecular weight is 382 g/mol. The molecule has 7 nitrogen and oxygen atoms in total. The molecule has 5 rings (SSSR count). The molecule has 10 heteroatoms. The molecule has 5 heterocycles. The molecule has 2 atom stereocenters. The van der Waals surface area contributed by atoms with Crippen LogP contribution in [0.2, 0.25) is 0 Å². The molecule has 2 fully saturated rings. The molecule has 2 bridgehead atoms. The number of piperazine rings is 1. The normalized spacial score (nSPS) is 22.2. The molecular formula is C16H18ClF2N7. The van der Waals surface area contributed by atoms with Gasteiger partial charge in [0.2, 0.25) is 0 Å². The highest BCUT2D eigenvalue weighted by Crippen LogP contribution is 2.31. The van der Waals surface area contributed by atoms with Crippen LogP contribution < -0.4 is 10.2 Å². The van der Waals surface area contributed by atoms with Crippen LogP contribution in [-0.2, 0) is 0 Å². The quantitative estimate of drug-likeness (QED) is 0.729. The lowest BCUT2D eigenvalue weighted by Gasteiger charge is -2.33. The van der Waals surface area contributed by atoms with E-state index >= 15 is 0 Å². The van der Waals surface area contributed by atoms with E-state index in [0.717, 1.165) is 24.3 Å². The molecule has 138 valence electrons. The van der Waals surface area contributed by atoms with E-state index in [-0.39, 0.29) is 12.4 Å². The zero-order valence-corrected chi connectivity index (χ0v) is 14.6. The molecule has 2 aliphatic heterocycles. The highest BCUT2D eigenvalue weighted by Gasteiger charge is 2.33. The van der Waals surface area contributed by atoms with Crippen molar-refractivity contribution in [2.24, 2.45) is 0 Å². The van der Waals surface area contributed by atoms with Gasteiger partial charge < -0.3 is 15.2 Å². The molecule has 2 saturated heterocycles. The number of fused-ring (bicyclic) bond motifs is 3. The average Bonchev–Trinajstić information content (AvgIpc) is 3.31. The number of alkyl halides is 2. The van der Waals surface area contributed by atoms with E-state index in [2.05, 4.69) is 30.3 Å². The van der Waals surface area contributed by atoms with Crippen molar-refractivity contribution in [3.05, 3.63) is 24.8 Å². The Kier molecular flexibility index (Phi) is 4.28. The van der Waals surface area contributed by atoms with Crippen LogP contribution in [0.4, 0.5) is 14.6 Å². The molecule has 0 radical (unpaired) electrons. The van der Waals surface area contributed by atoms with Crippen LogP contribution in [0.25, 0.3) is 22.3 Å². The summed E-state index contributed by atoms with van der Waals surface area (Å²) in [6, 6.07) is 2.93. The van der Waals surface area contributed by atoms with Crippen LogP contribution in [-0.4, -0.2) is 49.9 Å². The van der Waals surface area contributed by atoms with Gasteiger partial charge in [-0.15, -0.1) is 12.4 Å². The Hall–Kier alpha value is -2.26. The van der Waals surface area contributed by atoms with Gasteiger partial charge in [0.15, 0.2) is 0 Å². The summed E-state index contributed by atoms with van der Waals surface area (Å²) in [4.78, 5) is 14.3. The molecule has 26 heavy (non-hydrogen) atoms. The zero-order valence-electron chi connectivity index (χ0n) is 13.8. The van der Waals surface area contributed by atoms with Crippen molar-refractivity contribution < 1.29 is 8.78 Å². The molecule has 3 aromatic heterocycles. The molecule has 0 amide bonds. The predicted octanol–water partition coefficient (Wildman–Crippen LogP) is 2.58. The summed E-state index contributed by atoms with van der Waals surface area (Å²) in [7, 11) is 0. The molecule has 2 N–H and O–H groups in total. The first kappa shape index (κ1) is 17.2. The fourth-order valence-electron chi connectivity index (χ4n) is 3.89. The standard InChI is InChI=1S/C16H17F2N7.ClH/c17-16(18)25-5-9(4-21-25)13-3-12-14(23-13)19-8-20-15(12)24-6-10-1-2-11(7-24)22-10;/h3-5,8,10-11,16,22H,1-2,6-7H2,(H,19,20,23);1H. The van der Waals surface area contributed by atoms with E-state index in [1.165, 1.54) is 25.2 Å². The maximum Gasteiger partial charge on any atom is 0.333 e. The molecule has 0 spiro atoms. The Morgan fingerprint density at radius 2 is 1.92 bits per heavy atom. The first-order valence-electron chi connectivity index (χ1n) is 8.35. The van der Waals surface area contributed by atoms with Gasteiger partial charge in [0.05, 0.1) is 17.3 Å². The molecule has 0 aromatic carbocycles. The van der Waals surface area contributed by atoms with Gasteiger partial charge in [-0.3, -0.25) is 0 Å². The number of aromatic amines is 1. The number of anilines is 1. The van der Waals surface area contributed by atoms with Gasteiger partial charge in [-0.1, -0.05) is 0 Å². The lowest BCUT2D eigenvalue weighted by atomic mass is 10.2. The molecule has 3 aromatic rings. The maximum absolute atomic E-state index is 12.7. The van der Waals surface area contributed by atoms with Gasteiger partial charge in [-0.25, -0.2) is 14.6 Å². The van der Waals surface area contributed by atoms with Gasteiger partial charge in [-0.2, -0.15) is 13.9 Å². The Balaban J connectivity index is 0.00000168. The number of hydrogen-bond acceptors (Lipinski definition) is 5. The van der Waals surface area contributed by atoms with E-state index in [0.29, 0.717) is 33.7 Å². The van der Waals surface area contributed by atoms with Gasteiger partial charge in [0.25, 0.3) is 0 Å². The third-order valence-corrected chi connectivity index (χ3v) is 5.03. The fourth-order valence-corrected chi connectivity index (χ4v) is 3.89. The summed E-state index contributed by atoms with van der Waals surface area (Å²) in [5, 5.41) is 8.21. The monoisotopic (exact) mass is 381 g/mol. The number of nitrogens with one attached hydrogen (secondary N) is 2. The molecule has 0 aliphatic carbocycles. The lowest BCUT2D eigenvalue weighted by Crippen LogP contribution is -2.51. The Morgan fingerprint density at radius 1 is 1.15 bits per heavy atom. The second-order valence-corrected chi connectivity index (χ2v) is 6.67. The summed E-state index contributed by atoms with van der Waals surface area (Å²) in [6.07, 6.45) is 6.69. The van der Waals surface area contributed by atoms with Crippen molar-refractivity contribution in [1.82, 2.24) is 30.0 Å². The minimum absolute atomic E-state index is 0. The van der Waals surface area contributed by atoms with Crippen molar-refractivity contribution >= 4 is 29.3 Å². The van der Waals surface area contributed by atoms with Gasteiger partial charge in [0.1, 0.15) is 17.8 Å². The highest BCUT2D eigenvalue weighted by molar-refractivity contribution is 5.91. The SMILES string of the molecule is Cl.FC(F)n1cc(-c2cc3c(N4CC5CCC(C4)N5)ncnc3[nH]2)cn1. The topological polar surface area (TPSA) is 74.7 Å². The van der Waals surface area contributed by atoms with Crippen molar-refractivity contribution in [3.63, 3.8) is 0 Å². The van der Waals surface area contributed by atoms with Crippen molar-refractivity contribution in [2.45, 2.75) is 31.5 Å². The summed E-state index contributed by atoms with van der Waals surface area (Å²) in [5.41, 5.74) is 2.02. The van der Waals surface area contributed by atoms with E-state index in [4.69, 9.17) is 0 Å². The number of halogens is 3.